The molecule has 0 unspecified atom stereocenters. The lowest BCUT2D eigenvalue weighted by atomic mass is 10.2. The maximum Gasteiger partial charge on any atom is 0.356 e. The molecule has 2 aromatic rings. The summed E-state index contributed by atoms with van der Waals surface area (Å²) in [5, 5.41) is 0. The Hall–Kier alpha value is -1.84. The molecular formula is C12H14N2O2. The molecule has 0 bridgehead atoms. The van der Waals surface area contributed by atoms with E-state index in [4.69, 9.17) is 4.74 Å². The first-order valence-electron chi connectivity index (χ1n) is 5.23. The van der Waals surface area contributed by atoms with Crippen molar-refractivity contribution >= 4 is 11.6 Å². The average Bonchev–Trinajstić information content (AvgIpc) is 2.62. The molecule has 0 saturated heterocycles. The normalized spacial score (nSPS) is 10.7. The summed E-state index contributed by atoms with van der Waals surface area (Å²) in [5.41, 5.74) is 3.19. The first kappa shape index (κ1) is 10.7. The number of ether oxygens (including phenoxy) is 1. The molecule has 16 heavy (non-hydrogen) atoms. The lowest BCUT2D eigenvalue weighted by molar-refractivity contribution is 0.0592. The number of aromatic nitrogens is 2. The largest absolute Gasteiger partial charge is 0.464 e. The van der Waals surface area contributed by atoms with Gasteiger partial charge in [-0.1, -0.05) is 6.92 Å². The van der Waals surface area contributed by atoms with Gasteiger partial charge in [0.05, 0.1) is 12.8 Å². The predicted molar refractivity (Wildman–Crippen MR) is 60.6 cm³/mol. The molecule has 0 aliphatic carbocycles. The molecule has 84 valence electrons. The van der Waals surface area contributed by atoms with E-state index in [9.17, 15) is 4.79 Å². The fourth-order valence-corrected chi connectivity index (χ4v) is 1.77. The smallest absolute Gasteiger partial charge is 0.356 e. The summed E-state index contributed by atoms with van der Waals surface area (Å²) in [6, 6.07) is 3.97. The second-order valence-corrected chi connectivity index (χ2v) is 3.65. The standard InChI is InChI=1S/C12H14N2O2/c1-4-9-5-6-14-10(7-9)13-8(2)11(14)12(15)16-3/h5-7H,4H2,1-3H3. The van der Waals surface area contributed by atoms with Gasteiger partial charge in [-0.15, -0.1) is 0 Å². The number of nitrogens with zero attached hydrogens (tertiary/aromatic N) is 2. The highest BCUT2D eigenvalue weighted by molar-refractivity contribution is 5.89. The maximum atomic E-state index is 11.6. The van der Waals surface area contributed by atoms with Crippen molar-refractivity contribution in [2.75, 3.05) is 7.11 Å². The highest BCUT2D eigenvalue weighted by Gasteiger charge is 2.16. The van der Waals surface area contributed by atoms with Crippen molar-refractivity contribution in [3.63, 3.8) is 0 Å². The minimum absolute atomic E-state index is 0.353. The summed E-state index contributed by atoms with van der Waals surface area (Å²) >= 11 is 0. The number of carbonyl (C=O) groups is 1. The van der Waals surface area contributed by atoms with Gasteiger partial charge in [-0.3, -0.25) is 4.40 Å². The molecule has 0 aromatic carbocycles. The molecule has 0 N–H and O–H groups in total. The van der Waals surface area contributed by atoms with Crippen LogP contribution in [0.25, 0.3) is 5.65 Å². The van der Waals surface area contributed by atoms with Gasteiger partial charge in [-0.05, 0) is 31.0 Å². The molecule has 0 saturated carbocycles. The van der Waals surface area contributed by atoms with Crippen molar-refractivity contribution in [1.29, 1.82) is 0 Å². The molecule has 0 aliphatic rings. The fourth-order valence-electron chi connectivity index (χ4n) is 1.77. The Morgan fingerprint density at radius 2 is 2.31 bits per heavy atom. The first-order valence-corrected chi connectivity index (χ1v) is 5.23. The zero-order valence-corrected chi connectivity index (χ0v) is 9.65. The van der Waals surface area contributed by atoms with Gasteiger partial charge in [-0.2, -0.15) is 0 Å². The van der Waals surface area contributed by atoms with E-state index in [0.29, 0.717) is 11.4 Å². The number of methoxy groups -OCH3 is 1. The summed E-state index contributed by atoms with van der Waals surface area (Å²) < 4.78 is 6.50. The Labute approximate surface area is 93.9 Å². The highest BCUT2D eigenvalue weighted by Crippen LogP contribution is 2.14. The number of esters is 1. The maximum absolute atomic E-state index is 11.6. The van der Waals surface area contributed by atoms with Crippen molar-refractivity contribution in [2.24, 2.45) is 0 Å². The van der Waals surface area contributed by atoms with E-state index in [1.54, 1.807) is 4.40 Å². The molecule has 2 rings (SSSR count). The van der Waals surface area contributed by atoms with Crippen LogP contribution in [-0.2, 0) is 11.2 Å². The molecule has 0 aliphatic heterocycles. The van der Waals surface area contributed by atoms with E-state index >= 15 is 0 Å². The van der Waals surface area contributed by atoms with Crippen LogP contribution in [0, 0.1) is 6.92 Å². The van der Waals surface area contributed by atoms with E-state index in [-0.39, 0.29) is 5.97 Å². The van der Waals surface area contributed by atoms with Crippen LogP contribution in [0.1, 0.15) is 28.7 Å². The number of rotatable bonds is 2. The quantitative estimate of drug-likeness (QED) is 0.724. The van der Waals surface area contributed by atoms with Crippen molar-refractivity contribution in [2.45, 2.75) is 20.3 Å². The van der Waals surface area contributed by atoms with Gasteiger partial charge in [0.25, 0.3) is 0 Å². The van der Waals surface area contributed by atoms with Crippen molar-refractivity contribution in [3.05, 3.63) is 35.3 Å². The Kier molecular flexibility index (Phi) is 2.64. The van der Waals surface area contributed by atoms with Gasteiger partial charge in [0.1, 0.15) is 5.65 Å². The van der Waals surface area contributed by atoms with Crippen LogP contribution < -0.4 is 0 Å². The molecule has 0 spiro atoms. The van der Waals surface area contributed by atoms with Crippen LogP contribution in [0.4, 0.5) is 0 Å². The zero-order valence-electron chi connectivity index (χ0n) is 9.65. The molecule has 0 fully saturated rings. The first-order chi connectivity index (χ1) is 7.67. The van der Waals surface area contributed by atoms with E-state index in [1.165, 1.54) is 12.7 Å². The van der Waals surface area contributed by atoms with Gasteiger partial charge in [0.15, 0.2) is 5.69 Å². The van der Waals surface area contributed by atoms with Crippen LogP contribution in [0.15, 0.2) is 18.3 Å². The molecule has 2 heterocycles. The third-order valence-electron chi connectivity index (χ3n) is 2.65. The van der Waals surface area contributed by atoms with Crippen LogP contribution in [0.2, 0.25) is 0 Å². The van der Waals surface area contributed by atoms with Crippen molar-refractivity contribution in [3.8, 4) is 0 Å². The number of pyridine rings is 1. The minimum atomic E-state index is -0.353. The van der Waals surface area contributed by atoms with Gasteiger partial charge >= 0.3 is 5.97 Å². The summed E-state index contributed by atoms with van der Waals surface area (Å²) in [6.45, 7) is 3.90. The van der Waals surface area contributed by atoms with Gasteiger partial charge in [0.2, 0.25) is 0 Å². The lowest BCUT2D eigenvalue weighted by Gasteiger charge is -2.01. The molecule has 0 amide bonds. The summed E-state index contributed by atoms with van der Waals surface area (Å²) in [4.78, 5) is 15.9. The third-order valence-corrected chi connectivity index (χ3v) is 2.65. The Morgan fingerprint density at radius 1 is 1.56 bits per heavy atom. The summed E-state index contributed by atoms with van der Waals surface area (Å²) in [6.07, 6.45) is 2.82. The highest BCUT2D eigenvalue weighted by atomic mass is 16.5. The summed E-state index contributed by atoms with van der Waals surface area (Å²) in [5.74, 6) is -0.353. The van der Waals surface area contributed by atoms with Crippen molar-refractivity contribution in [1.82, 2.24) is 9.38 Å². The number of aryl methyl sites for hydroxylation is 2. The number of fused-ring (bicyclic) bond motifs is 1. The van der Waals surface area contributed by atoms with E-state index in [0.717, 1.165) is 12.1 Å². The minimum Gasteiger partial charge on any atom is -0.464 e. The van der Waals surface area contributed by atoms with E-state index in [2.05, 4.69) is 11.9 Å². The van der Waals surface area contributed by atoms with E-state index in [1.807, 2.05) is 25.3 Å². The molecule has 4 heteroatoms. The monoisotopic (exact) mass is 218 g/mol. The molecule has 2 aromatic heterocycles. The number of carbonyl (C=O) groups excluding carboxylic acids is 1. The number of hydrogen-bond donors (Lipinski definition) is 0. The summed E-state index contributed by atoms with van der Waals surface area (Å²) in [7, 11) is 1.38. The van der Waals surface area contributed by atoms with Crippen LogP contribution in [0.5, 0.6) is 0 Å². The average molecular weight is 218 g/mol. The number of imidazole rings is 1. The molecule has 4 nitrogen and oxygen atoms in total. The fraction of sp³-hybridized carbons (Fsp3) is 0.333. The zero-order chi connectivity index (χ0) is 11.7. The molecule has 0 radical (unpaired) electrons. The lowest BCUT2D eigenvalue weighted by Crippen LogP contribution is -2.07. The van der Waals surface area contributed by atoms with Gasteiger partial charge < -0.3 is 4.74 Å². The van der Waals surface area contributed by atoms with Gasteiger partial charge in [0, 0.05) is 6.20 Å². The second kappa shape index (κ2) is 3.96. The topological polar surface area (TPSA) is 43.6 Å². The molecule has 0 atom stereocenters. The molecular weight excluding hydrogens is 204 g/mol. The Balaban J connectivity index is 2.66. The Morgan fingerprint density at radius 3 is 2.94 bits per heavy atom. The second-order valence-electron chi connectivity index (χ2n) is 3.65. The SMILES string of the molecule is CCc1ccn2c(C(=O)OC)c(C)nc2c1. The van der Waals surface area contributed by atoms with Crippen molar-refractivity contribution < 1.29 is 9.53 Å². The van der Waals surface area contributed by atoms with E-state index < -0.39 is 0 Å². The predicted octanol–water partition coefficient (Wildman–Crippen LogP) is 1.99. The van der Waals surface area contributed by atoms with Crippen LogP contribution in [-0.4, -0.2) is 22.5 Å². The van der Waals surface area contributed by atoms with Crippen LogP contribution in [0.3, 0.4) is 0 Å². The Bertz CT molecular complexity index is 543. The van der Waals surface area contributed by atoms with Gasteiger partial charge in [-0.25, -0.2) is 9.78 Å². The number of hydrogen-bond acceptors (Lipinski definition) is 3. The van der Waals surface area contributed by atoms with Crippen LogP contribution >= 0.6 is 0 Å². The third kappa shape index (κ3) is 1.56.